The van der Waals surface area contributed by atoms with Crippen molar-refractivity contribution in [3.8, 4) is 0 Å². The number of carboxylic acids is 1. The predicted octanol–water partition coefficient (Wildman–Crippen LogP) is 0.936. The van der Waals surface area contributed by atoms with Gasteiger partial charge in [0.15, 0.2) is 0 Å². The van der Waals surface area contributed by atoms with E-state index in [4.69, 9.17) is 4.74 Å². The lowest BCUT2D eigenvalue weighted by molar-refractivity contribution is -0.150. The smallest absolute Gasteiger partial charge is 0.321 e. The summed E-state index contributed by atoms with van der Waals surface area (Å²) in [6, 6.07) is 7.28. The molecule has 2 rings (SSSR count). The van der Waals surface area contributed by atoms with Crippen LogP contribution in [0.5, 0.6) is 0 Å². The highest BCUT2D eigenvalue weighted by Gasteiger charge is 2.50. The quantitative estimate of drug-likeness (QED) is 0.815. The maximum absolute atomic E-state index is 11.3. The molecule has 0 aliphatic carbocycles. The molecule has 1 aromatic carbocycles. The molecule has 2 N–H and O–H groups in total. The minimum Gasteiger partial charge on any atom is -0.480 e. The molecule has 0 amide bonds. The topological polar surface area (TPSA) is 58.6 Å². The molecule has 1 aliphatic heterocycles. The van der Waals surface area contributed by atoms with Gasteiger partial charge in [-0.3, -0.25) is 4.79 Å². The van der Waals surface area contributed by atoms with Crippen LogP contribution in [0, 0.1) is 6.92 Å². The predicted molar refractivity (Wildman–Crippen MR) is 64.2 cm³/mol. The van der Waals surface area contributed by atoms with Gasteiger partial charge in [-0.2, -0.15) is 0 Å². The second-order valence-electron chi connectivity index (χ2n) is 4.52. The van der Waals surface area contributed by atoms with Crippen molar-refractivity contribution in [2.24, 2.45) is 0 Å². The average molecular weight is 235 g/mol. The maximum atomic E-state index is 11.3. The molecule has 1 unspecified atom stereocenters. The number of carbonyl (C=O) groups is 1. The fourth-order valence-electron chi connectivity index (χ4n) is 2.57. The zero-order valence-corrected chi connectivity index (χ0v) is 10.1. The Morgan fingerprint density at radius 2 is 2.12 bits per heavy atom. The van der Waals surface area contributed by atoms with Gasteiger partial charge in [-0.25, -0.2) is 0 Å². The number of likely N-dealkylation sites (N-methyl/N-ethyl adjacent to an activating group) is 1. The molecular formula is C13H17NO3. The van der Waals surface area contributed by atoms with Crippen molar-refractivity contribution < 1.29 is 14.6 Å². The van der Waals surface area contributed by atoms with Gasteiger partial charge < -0.3 is 15.2 Å². The van der Waals surface area contributed by atoms with Gasteiger partial charge in [-0.05, 0) is 25.1 Å². The lowest BCUT2D eigenvalue weighted by Gasteiger charge is -2.46. The number of aliphatic carboxylic acids is 1. The summed E-state index contributed by atoms with van der Waals surface area (Å²) >= 11 is 0. The molecular weight excluding hydrogens is 218 g/mol. The van der Waals surface area contributed by atoms with Crippen molar-refractivity contribution in [1.82, 2.24) is 5.32 Å². The number of ether oxygens (including phenoxy) is 1. The molecule has 1 aliphatic rings. The summed E-state index contributed by atoms with van der Waals surface area (Å²) in [5.74, 6) is -0.834. The molecule has 0 aromatic heterocycles. The Bertz CT molecular complexity index is 426. The van der Waals surface area contributed by atoms with Crippen LogP contribution in [-0.2, 0) is 14.9 Å². The number of hydrogen-bond donors (Lipinski definition) is 2. The Balaban J connectivity index is 2.44. The largest absolute Gasteiger partial charge is 0.480 e. The molecule has 4 heteroatoms. The summed E-state index contributed by atoms with van der Waals surface area (Å²) < 4.78 is 5.28. The van der Waals surface area contributed by atoms with E-state index in [1.165, 1.54) is 0 Å². The van der Waals surface area contributed by atoms with Crippen LogP contribution in [0.2, 0.25) is 0 Å². The minimum atomic E-state index is -0.834. The minimum absolute atomic E-state index is 0.439. The Morgan fingerprint density at radius 3 is 2.53 bits per heavy atom. The Hall–Kier alpha value is -1.39. The van der Waals surface area contributed by atoms with E-state index in [-0.39, 0.29) is 0 Å². The number of nitrogens with one attached hydrogen (secondary N) is 1. The lowest BCUT2D eigenvalue weighted by atomic mass is 9.71. The molecule has 1 saturated heterocycles. The SMILES string of the molecule is CNC(C(=O)O)C1(c2ccccc2C)COC1. The standard InChI is InChI=1S/C13H17NO3/c1-9-5-3-4-6-10(9)13(7-17-8-13)11(14-2)12(15)16/h3-6,11,14H,7-8H2,1-2H3,(H,15,16). The molecule has 1 atom stereocenters. The summed E-state index contributed by atoms with van der Waals surface area (Å²) in [4.78, 5) is 11.3. The van der Waals surface area contributed by atoms with E-state index in [1.807, 2.05) is 31.2 Å². The van der Waals surface area contributed by atoms with Gasteiger partial charge in [0.2, 0.25) is 0 Å². The summed E-state index contributed by atoms with van der Waals surface area (Å²) in [6.45, 7) is 2.91. The van der Waals surface area contributed by atoms with E-state index in [0.29, 0.717) is 13.2 Å². The van der Waals surface area contributed by atoms with Crippen LogP contribution in [0.25, 0.3) is 0 Å². The fourth-order valence-corrected chi connectivity index (χ4v) is 2.57. The Kier molecular flexibility index (Phi) is 3.17. The van der Waals surface area contributed by atoms with Crippen LogP contribution in [0.4, 0.5) is 0 Å². The van der Waals surface area contributed by atoms with Crippen LogP contribution in [-0.4, -0.2) is 37.4 Å². The number of benzene rings is 1. The van der Waals surface area contributed by atoms with Crippen LogP contribution >= 0.6 is 0 Å². The summed E-state index contributed by atoms with van der Waals surface area (Å²) in [7, 11) is 1.68. The average Bonchev–Trinajstić information content (AvgIpc) is 2.24. The molecule has 1 aromatic rings. The van der Waals surface area contributed by atoms with Crippen LogP contribution in [0.3, 0.4) is 0 Å². The van der Waals surface area contributed by atoms with Gasteiger partial charge in [-0.1, -0.05) is 24.3 Å². The van der Waals surface area contributed by atoms with Crippen molar-refractivity contribution in [1.29, 1.82) is 0 Å². The summed E-state index contributed by atoms with van der Waals surface area (Å²) in [5.41, 5.74) is 1.73. The van der Waals surface area contributed by atoms with E-state index in [9.17, 15) is 9.90 Å². The van der Waals surface area contributed by atoms with E-state index < -0.39 is 17.4 Å². The molecule has 1 heterocycles. The molecule has 0 spiro atoms. The number of rotatable bonds is 4. The van der Waals surface area contributed by atoms with Crippen LogP contribution in [0.15, 0.2) is 24.3 Å². The highest BCUT2D eigenvalue weighted by Crippen LogP contribution is 2.37. The van der Waals surface area contributed by atoms with Crippen molar-refractivity contribution in [3.05, 3.63) is 35.4 Å². The van der Waals surface area contributed by atoms with Crippen LogP contribution in [0.1, 0.15) is 11.1 Å². The first-order valence-corrected chi connectivity index (χ1v) is 5.66. The second kappa shape index (κ2) is 4.47. The highest BCUT2D eigenvalue weighted by atomic mass is 16.5. The van der Waals surface area contributed by atoms with Gasteiger partial charge in [0.05, 0.1) is 18.6 Å². The zero-order valence-electron chi connectivity index (χ0n) is 10.1. The normalized spacial score (nSPS) is 19.4. The molecule has 0 saturated carbocycles. The van der Waals surface area contributed by atoms with Gasteiger partial charge in [0, 0.05) is 0 Å². The van der Waals surface area contributed by atoms with E-state index >= 15 is 0 Å². The first-order valence-electron chi connectivity index (χ1n) is 5.66. The number of hydrogen-bond acceptors (Lipinski definition) is 3. The highest BCUT2D eigenvalue weighted by molar-refractivity contribution is 5.76. The molecule has 0 radical (unpaired) electrons. The third kappa shape index (κ3) is 1.83. The van der Waals surface area contributed by atoms with Gasteiger partial charge in [-0.15, -0.1) is 0 Å². The number of carboxylic acid groups (broad SMARTS) is 1. The van der Waals surface area contributed by atoms with Gasteiger partial charge in [0.1, 0.15) is 6.04 Å². The van der Waals surface area contributed by atoms with E-state index in [2.05, 4.69) is 5.32 Å². The lowest BCUT2D eigenvalue weighted by Crippen LogP contribution is -2.62. The van der Waals surface area contributed by atoms with Crippen LogP contribution < -0.4 is 5.32 Å². The second-order valence-corrected chi connectivity index (χ2v) is 4.52. The van der Waals surface area contributed by atoms with Crippen molar-refractivity contribution in [3.63, 3.8) is 0 Å². The molecule has 0 bridgehead atoms. The van der Waals surface area contributed by atoms with Gasteiger partial charge in [0.25, 0.3) is 0 Å². The van der Waals surface area contributed by atoms with Crippen molar-refractivity contribution >= 4 is 5.97 Å². The van der Waals surface area contributed by atoms with Gasteiger partial charge >= 0.3 is 5.97 Å². The number of aryl methyl sites for hydroxylation is 1. The third-order valence-electron chi connectivity index (χ3n) is 3.49. The zero-order chi connectivity index (χ0) is 12.5. The Labute approximate surface area is 101 Å². The summed E-state index contributed by atoms with van der Waals surface area (Å²) in [6.07, 6.45) is 0. The summed E-state index contributed by atoms with van der Waals surface area (Å²) in [5, 5.41) is 12.2. The molecule has 92 valence electrons. The monoisotopic (exact) mass is 235 g/mol. The van der Waals surface area contributed by atoms with E-state index in [0.717, 1.165) is 11.1 Å². The third-order valence-corrected chi connectivity index (χ3v) is 3.49. The maximum Gasteiger partial charge on any atom is 0.321 e. The Morgan fingerprint density at radius 1 is 1.47 bits per heavy atom. The molecule has 1 fully saturated rings. The van der Waals surface area contributed by atoms with Crippen molar-refractivity contribution in [2.75, 3.05) is 20.3 Å². The van der Waals surface area contributed by atoms with Crippen molar-refractivity contribution in [2.45, 2.75) is 18.4 Å². The first-order chi connectivity index (χ1) is 8.12. The molecule has 17 heavy (non-hydrogen) atoms. The fraction of sp³-hybridized carbons (Fsp3) is 0.462. The van der Waals surface area contributed by atoms with E-state index in [1.54, 1.807) is 7.05 Å². The molecule has 4 nitrogen and oxygen atoms in total. The first kappa shape index (κ1) is 12.1.